The van der Waals surface area contributed by atoms with E-state index in [1.807, 2.05) is 19.1 Å². The van der Waals surface area contributed by atoms with Gasteiger partial charge in [0.2, 0.25) is 0 Å². The first-order chi connectivity index (χ1) is 8.18. The van der Waals surface area contributed by atoms with Gasteiger partial charge in [-0.2, -0.15) is 0 Å². The van der Waals surface area contributed by atoms with Gasteiger partial charge in [0.05, 0.1) is 13.2 Å². The Morgan fingerprint density at radius 2 is 1.71 bits per heavy atom. The molecule has 2 unspecified atom stereocenters. The summed E-state index contributed by atoms with van der Waals surface area (Å²) in [5, 5.41) is 0. The minimum atomic E-state index is 0.0658. The largest absolute Gasteiger partial charge is 0.490 e. The molecule has 1 aromatic rings. The van der Waals surface area contributed by atoms with Gasteiger partial charge >= 0.3 is 0 Å². The SMILES string of the molecule is CC1C(=O)c2cc3c(cc2C1C)OCCCO3. The summed E-state index contributed by atoms with van der Waals surface area (Å²) in [6.07, 6.45) is 0.888. The lowest BCUT2D eigenvalue weighted by Gasteiger charge is -2.11. The molecule has 1 aliphatic heterocycles. The van der Waals surface area contributed by atoms with Gasteiger partial charge in [-0.3, -0.25) is 4.79 Å². The van der Waals surface area contributed by atoms with Crippen molar-refractivity contribution in [3.05, 3.63) is 23.3 Å². The van der Waals surface area contributed by atoms with Crippen LogP contribution in [-0.2, 0) is 0 Å². The van der Waals surface area contributed by atoms with Gasteiger partial charge < -0.3 is 9.47 Å². The molecule has 3 heteroatoms. The van der Waals surface area contributed by atoms with E-state index in [-0.39, 0.29) is 17.6 Å². The van der Waals surface area contributed by atoms with E-state index in [9.17, 15) is 4.79 Å². The molecular weight excluding hydrogens is 216 g/mol. The van der Waals surface area contributed by atoms with Crippen molar-refractivity contribution in [2.75, 3.05) is 13.2 Å². The Balaban J connectivity index is 2.12. The fourth-order valence-corrected chi connectivity index (χ4v) is 2.56. The smallest absolute Gasteiger partial charge is 0.166 e. The van der Waals surface area contributed by atoms with Gasteiger partial charge in [0, 0.05) is 17.9 Å². The Bertz CT molecular complexity index is 479. The van der Waals surface area contributed by atoms with E-state index in [2.05, 4.69) is 6.92 Å². The van der Waals surface area contributed by atoms with Crippen LogP contribution in [0, 0.1) is 5.92 Å². The minimum absolute atomic E-state index is 0.0658. The van der Waals surface area contributed by atoms with Crippen molar-refractivity contribution in [1.29, 1.82) is 0 Å². The van der Waals surface area contributed by atoms with E-state index in [1.165, 1.54) is 0 Å². The molecule has 90 valence electrons. The summed E-state index contributed by atoms with van der Waals surface area (Å²) in [5.74, 6) is 2.07. The zero-order valence-corrected chi connectivity index (χ0v) is 10.2. The Morgan fingerprint density at radius 1 is 1.06 bits per heavy atom. The second-order valence-corrected chi connectivity index (χ2v) is 4.88. The van der Waals surface area contributed by atoms with Crippen molar-refractivity contribution in [2.45, 2.75) is 26.2 Å². The molecular formula is C14H16O3. The highest BCUT2D eigenvalue weighted by molar-refractivity contribution is 6.03. The number of fused-ring (bicyclic) bond motifs is 2. The predicted octanol–water partition coefficient (Wildman–Crippen LogP) is 2.78. The Kier molecular flexibility index (Phi) is 2.35. The van der Waals surface area contributed by atoms with Gasteiger partial charge in [0.1, 0.15) is 0 Å². The molecule has 0 N–H and O–H groups in total. The van der Waals surface area contributed by atoms with Crippen LogP contribution in [-0.4, -0.2) is 19.0 Å². The number of carbonyl (C=O) groups is 1. The van der Waals surface area contributed by atoms with E-state index >= 15 is 0 Å². The Hall–Kier alpha value is -1.51. The van der Waals surface area contributed by atoms with Crippen LogP contribution >= 0.6 is 0 Å². The summed E-state index contributed by atoms with van der Waals surface area (Å²) >= 11 is 0. The summed E-state index contributed by atoms with van der Waals surface area (Å²) in [6, 6.07) is 3.85. The fourth-order valence-electron chi connectivity index (χ4n) is 2.56. The van der Waals surface area contributed by atoms with Crippen LogP contribution in [0.4, 0.5) is 0 Å². The zero-order valence-electron chi connectivity index (χ0n) is 10.2. The quantitative estimate of drug-likeness (QED) is 0.690. The maximum absolute atomic E-state index is 12.1. The van der Waals surface area contributed by atoms with Gasteiger partial charge in [0.25, 0.3) is 0 Å². The second kappa shape index (κ2) is 3.76. The molecule has 1 aromatic carbocycles. The lowest BCUT2D eigenvalue weighted by atomic mass is 9.96. The third-order valence-electron chi connectivity index (χ3n) is 3.84. The van der Waals surface area contributed by atoms with E-state index in [0.717, 1.165) is 29.0 Å². The molecule has 17 heavy (non-hydrogen) atoms. The van der Waals surface area contributed by atoms with Crippen molar-refractivity contribution >= 4 is 5.78 Å². The van der Waals surface area contributed by atoms with Crippen molar-refractivity contribution in [3.8, 4) is 11.5 Å². The molecule has 0 saturated carbocycles. The molecule has 1 aliphatic carbocycles. The van der Waals surface area contributed by atoms with E-state index in [0.29, 0.717) is 13.2 Å². The lowest BCUT2D eigenvalue weighted by molar-refractivity contribution is 0.0936. The Labute approximate surface area is 101 Å². The Morgan fingerprint density at radius 3 is 2.41 bits per heavy atom. The molecule has 2 aliphatic rings. The summed E-state index contributed by atoms with van der Waals surface area (Å²) < 4.78 is 11.3. The van der Waals surface area contributed by atoms with Crippen LogP contribution < -0.4 is 9.47 Å². The average molecular weight is 232 g/mol. The van der Waals surface area contributed by atoms with E-state index in [4.69, 9.17) is 9.47 Å². The maximum Gasteiger partial charge on any atom is 0.166 e. The van der Waals surface area contributed by atoms with Gasteiger partial charge in [0.15, 0.2) is 17.3 Å². The summed E-state index contributed by atoms with van der Waals surface area (Å²) in [6.45, 7) is 5.42. The van der Waals surface area contributed by atoms with Gasteiger partial charge in [-0.25, -0.2) is 0 Å². The van der Waals surface area contributed by atoms with E-state index in [1.54, 1.807) is 0 Å². The predicted molar refractivity (Wildman–Crippen MR) is 64.0 cm³/mol. The highest BCUT2D eigenvalue weighted by Gasteiger charge is 2.35. The summed E-state index contributed by atoms with van der Waals surface area (Å²) in [4.78, 5) is 12.1. The second-order valence-electron chi connectivity index (χ2n) is 4.88. The maximum atomic E-state index is 12.1. The topological polar surface area (TPSA) is 35.5 Å². The van der Waals surface area contributed by atoms with Crippen molar-refractivity contribution in [2.24, 2.45) is 5.92 Å². The molecule has 0 radical (unpaired) electrons. The number of hydrogen-bond donors (Lipinski definition) is 0. The standard InChI is InChI=1S/C14H16O3/c1-8-9(2)14(15)11-7-13-12(6-10(8)11)16-4-3-5-17-13/h6-9H,3-5H2,1-2H3. The van der Waals surface area contributed by atoms with Crippen LogP contribution in [0.3, 0.4) is 0 Å². The number of rotatable bonds is 0. The molecule has 0 spiro atoms. The van der Waals surface area contributed by atoms with Crippen LogP contribution in [0.5, 0.6) is 11.5 Å². The average Bonchev–Trinajstić information content (AvgIpc) is 2.55. The van der Waals surface area contributed by atoms with Gasteiger partial charge in [-0.05, 0) is 23.6 Å². The molecule has 0 aromatic heterocycles. The van der Waals surface area contributed by atoms with Crippen LogP contribution in [0.25, 0.3) is 0 Å². The monoisotopic (exact) mass is 232 g/mol. The highest BCUT2D eigenvalue weighted by atomic mass is 16.5. The number of benzene rings is 1. The lowest BCUT2D eigenvalue weighted by Crippen LogP contribution is -2.06. The van der Waals surface area contributed by atoms with Crippen LogP contribution in [0.15, 0.2) is 12.1 Å². The molecule has 0 saturated heterocycles. The summed E-state index contributed by atoms with van der Waals surface area (Å²) in [7, 11) is 0. The molecule has 3 rings (SSSR count). The van der Waals surface area contributed by atoms with Crippen molar-refractivity contribution < 1.29 is 14.3 Å². The van der Waals surface area contributed by atoms with Crippen LogP contribution in [0.2, 0.25) is 0 Å². The number of carbonyl (C=O) groups excluding carboxylic acids is 1. The van der Waals surface area contributed by atoms with Gasteiger partial charge in [-0.1, -0.05) is 13.8 Å². The van der Waals surface area contributed by atoms with Crippen molar-refractivity contribution in [1.82, 2.24) is 0 Å². The molecule has 3 nitrogen and oxygen atoms in total. The minimum Gasteiger partial charge on any atom is -0.490 e. The highest BCUT2D eigenvalue weighted by Crippen LogP contribution is 2.43. The summed E-state index contributed by atoms with van der Waals surface area (Å²) in [5.41, 5.74) is 1.92. The number of ether oxygens (including phenoxy) is 2. The third kappa shape index (κ3) is 1.53. The first-order valence-electron chi connectivity index (χ1n) is 6.16. The first-order valence-corrected chi connectivity index (χ1v) is 6.16. The van der Waals surface area contributed by atoms with Gasteiger partial charge in [-0.15, -0.1) is 0 Å². The van der Waals surface area contributed by atoms with Crippen LogP contribution in [0.1, 0.15) is 42.1 Å². The third-order valence-corrected chi connectivity index (χ3v) is 3.84. The van der Waals surface area contributed by atoms with E-state index < -0.39 is 0 Å². The van der Waals surface area contributed by atoms with Crippen molar-refractivity contribution in [3.63, 3.8) is 0 Å². The molecule has 0 bridgehead atoms. The molecule has 2 atom stereocenters. The molecule has 0 amide bonds. The number of Topliss-reactive ketones (excluding diaryl/α,β-unsaturated/α-hetero) is 1. The molecule has 1 heterocycles. The number of ketones is 1. The zero-order chi connectivity index (χ0) is 12.0. The number of hydrogen-bond acceptors (Lipinski definition) is 3. The molecule has 0 fully saturated rings. The normalized spacial score (nSPS) is 26.6. The fraction of sp³-hybridized carbons (Fsp3) is 0.500. The first kappa shape index (κ1) is 10.6.